The van der Waals surface area contributed by atoms with Crippen LogP contribution in [0.2, 0.25) is 5.02 Å². The lowest BCUT2D eigenvalue weighted by Gasteiger charge is -2.23. The van der Waals surface area contributed by atoms with Crippen molar-refractivity contribution in [2.24, 2.45) is 5.92 Å². The van der Waals surface area contributed by atoms with Gasteiger partial charge in [0.15, 0.2) is 5.82 Å². The van der Waals surface area contributed by atoms with E-state index in [0.717, 1.165) is 49.0 Å². The van der Waals surface area contributed by atoms with Crippen LogP contribution >= 0.6 is 11.6 Å². The van der Waals surface area contributed by atoms with Crippen molar-refractivity contribution in [1.29, 1.82) is 0 Å². The Morgan fingerprint density at radius 2 is 1.93 bits per heavy atom. The highest BCUT2D eigenvalue weighted by Crippen LogP contribution is 2.24. The Hall–Kier alpha value is -1.48. The number of nitrogens with zero attached hydrogens (tertiary/aromatic N) is 4. The van der Waals surface area contributed by atoms with Crippen LogP contribution in [0, 0.1) is 5.92 Å². The van der Waals surface area contributed by atoms with E-state index in [9.17, 15) is 8.42 Å². The smallest absolute Gasteiger partial charge is 0.209 e. The summed E-state index contributed by atoms with van der Waals surface area (Å²) in [5.41, 5.74) is 1.11. The van der Waals surface area contributed by atoms with Crippen LogP contribution in [0.25, 0.3) is 0 Å². The normalized spacial score (nSPS) is 16.9. The zero-order valence-corrected chi connectivity index (χ0v) is 17.5. The summed E-state index contributed by atoms with van der Waals surface area (Å²) in [4.78, 5) is 2.34. The number of rotatable bonds is 6. The van der Waals surface area contributed by atoms with Gasteiger partial charge in [0.2, 0.25) is 10.0 Å². The molecule has 0 amide bonds. The Bertz CT molecular complexity index is 897. The van der Waals surface area contributed by atoms with Gasteiger partial charge in [-0.2, -0.15) is 0 Å². The van der Waals surface area contributed by atoms with Gasteiger partial charge in [-0.15, -0.1) is 10.2 Å². The molecule has 0 unspecified atom stereocenters. The topological polar surface area (TPSA) is 80.1 Å². The van der Waals surface area contributed by atoms with E-state index < -0.39 is 16.1 Å². The lowest BCUT2D eigenvalue weighted by molar-refractivity contribution is 0.269. The van der Waals surface area contributed by atoms with Gasteiger partial charge >= 0.3 is 0 Å². The summed E-state index contributed by atoms with van der Waals surface area (Å²) in [5, 5.41) is 9.43. The molecule has 1 atom stereocenters. The van der Waals surface area contributed by atoms with Crippen LogP contribution in [-0.4, -0.2) is 47.4 Å². The summed E-state index contributed by atoms with van der Waals surface area (Å²) in [6.45, 7) is 7.14. The number of benzene rings is 1. The van der Waals surface area contributed by atoms with Gasteiger partial charge in [0.1, 0.15) is 5.82 Å². The van der Waals surface area contributed by atoms with Crippen molar-refractivity contribution >= 4 is 21.6 Å². The van der Waals surface area contributed by atoms with Crippen LogP contribution in [-0.2, 0) is 29.5 Å². The maximum absolute atomic E-state index is 11.8. The van der Waals surface area contributed by atoms with Gasteiger partial charge in [-0.05, 0) is 17.5 Å². The Morgan fingerprint density at radius 1 is 1.19 bits per heavy atom. The Morgan fingerprint density at radius 3 is 2.59 bits per heavy atom. The van der Waals surface area contributed by atoms with E-state index in [4.69, 9.17) is 11.6 Å². The molecule has 1 aliphatic heterocycles. The highest BCUT2D eigenvalue weighted by Gasteiger charge is 2.28. The molecule has 0 aliphatic carbocycles. The molecular weight excluding hydrogens is 386 g/mol. The van der Waals surface area contributed by atoms with Crippen molar-refractivity contribution in [2.75, 3.05) is 19.3 Å². The molecule has 27 heavy (non-hydrogen) atoms. The summed E-state index contributed by atoms with van der Waals surface area (Å²) >= 11 is 6.30. The van der Waals surface area contributed by atoms with Crippen molar-refractivity contribution in [3.63, 3.8) is 0 Å². The first-order valence-electron chi connectivity index (χ1n) is 9.09. The molecule has 0 spiro atoms. The zero-order valence-electron chi connectivity index (χ0n) is 15.9. The third-order valence-corrected chi connectivity index (χ3v) is 5.84. The predicted molar refractivity (Wildman–Crippen MR) is 106 cm³/mol. The van der Waals surface area contributed by atoms with E-state index in [2.05, 4.69) is 24.4 Å². The molecule has 0 saturated heterocycles. The summed E-state index contributed by atoms with van der Waals surface area (Å²) in [6, 6.07) is 7.49. The molecule has 2 aromatic rings. The second-order valence-electron chi connectivity index (χ2n) is 7.36. The van der Waals surface area contributed by atoms with Crippen molar-refractivity contribution in [3.8, 4) is 0 Å². The van der Waals surface area contributed by atoms with Gasteiger partial charge in [0.25, 0.3) is 0 Å². The molecule has 0 fully saturated rings. The first-order valence-corrected chi connectivity index (χ1v) is 11.4. The van der Waals surface area contributed by atoms with Gasteiger partial charge in [0.05, 0.1) is 12.3 Å². The summed E-state index contributed by atoms with van der Waals surface area (Å²) in [5.74, 6) is 1.65. The van der Waals surface area contributed by atoms with Crippen LogP contribution in [0.3, 0.4) is 0 Å². The number of hydrogen-bond acceptors (Lipinski definition) is 5. The summed E-state index contributed by atoms with van der Waals surface area (Å²) in [6.07, 6.45) is 1.94. The molecule has 3 rings (SSSR count). The fourth-order valence-corrected chi connectivity index (χ4v) is 4.40. The minimum Gasteiger partial charge on any atom is -0.312 e. The number of fused-ring (bicyclic) bond motifs is 1. The quantitative estimate of drug-likeness (QED) is 0.788. The monoisotopic (exact) mass is 411 g/mol. The molecule has 0 radical (unpaired) electrons. The number of nitrogens with one attached hydrogen (secondary N) is 1. The lowest BCUT2D eigenvalue weighted by Crippen LogP contribution is -2.33. The Balaban J connectivity index is 1.77. The first kappa shape index (κ1) is 20.3. The van der Waals surface area contributed by atoms with Crippen molar-refractivity contribution in [3.05, 3.63) is 46.5 Å². The first-order chi connectivity index (χ1) is 12.7. The number of aromatic nitrogens is 3. The van der Waals surface area contributed by atoms with Gasteiger partial charge in [-0.3, -0.25) is 4.90 Å². The van der Waals surface area contributed by atoms with E-state index in [1.54, 1.807) is 0 Å². The molecule has 1 aromatic heterocycles. The van der Waals surface area contributed by atoms with Gasteiger partial charge < -0.3 is 4.57 Å². The second kappa shape index (κ2) is 8.26. The summed E-state index contributed by atoms with van der Waals surface area (Å²) < 4.78 is 28.3. The maximum atomic E-state index is 11.8. The molecule has 0 bridgehead atoms. The Kier molecular flexibility index (Phi) is 6.20. The fraction of sp³-hybridized carbons (Fsp3) is 0.556. The second-order valence-corrected chi connectivity index (χ2v) is 9.54. The van der Waals surface area contributed by atoms with E-state index in [-0.39, 0.29) is 5.92 Å². The van der Waals surface area contributed by atoms with Crippen LogP contribution < -0.4 is 4.72 Å². The predicted octanol–water partition coefficient (Wildman–Crippen LogP) is 2.24. The maximum Gasteiger partial charge on any atom is 0.209 e. The molecule has 1 N–H and O–H groups in total. The minimum absolute atomic E-state index is 0.0653. The molecule has 1 aromatic carbocycles. The van der Waals surface area contributed by atoms with Gasteiger partial charge in [0, 0.05) is 37.6 Å². The lowest BCUT2D eigenvalue weighted by atomic mass is 10.1. The van der Waals surface area contributed by atoms with Crippen LogP contribution in [0.1, 0.15) is 37.1 Å². The standard InChI is InChI=1S/C18H26ClN5O2S/c1-13(2)17(22-27(3,25)26)18-21-20-16-8-9-23(10-11-24(16)18)12-14-6-4-5-7-15(14)19/h4-7,13,17,22H,8-12H2,1-3H3/t17-/m1/s1. The van der Waals surface area contributed by atoms with E-state index in [0.29, 0.717) is 5.82 Å². The number of halogens is 1. The largest absolute Gasteiger partial charge is 0.312 e. The fourth-order valence-electron chi connectivity index (χ4n) is 3.36. The SMILES string of the molecule is CC(C)[C@@H](NS(C)(=O)=O)c1nnc2n1CCN(Cc1ccccc1Cl)CC2. The molecule has 7 nitrogen and oxygen atoms in total. The van der Waals surface area contributed by atoms with Crippen LogP contribution in [0.4, 0.5) is 0 Å². The minimum atomic E-state index is -3.34. The number of sulfonamides is 1. The van der Waals surface area contributed by atoms with Crippen molar-refractivity contribution in [2.45, 2.75) is 39.4 Å². The van der Waals surface area contributed by atoms with Gasteiger partial charge in [-0.1, -0.05) is 43.6 Å². The molecule has 9 heteroatoms. The molecule has 148 valence electrons. The molecular formula is C18H26ClN5O2S. The van der Waals surface area contributed by atoms with Gasteiger partial charge in [-0.25, -0.2) is 13.1 Å². The van der Waals surface area contributed by atoms with E-state index >= 15 is 0 Å². The highest BCUT2D eigenvalue weighted by atomic mass is 35.5. The van der Waals surface area contributed by atoms with Crippen molar-refractivity contribution in [1.82, 2.24) is 24.4 Å². The Labute approximate surface area is 165 Å². The summed E-state index contributed by atoms with van der Waals surface area (Å²) in [7, 11) is -3.34. The average Bonchev–Trinajstić information content (AvgIpc) is 2.88. The molecule has 2 heterocycles. The molecule has 1 aliphatic rings. The average molecular weight is 412 g/mol. The van der Waals surface area contributed by atoms with Crippen molar-refractivity contribution < 1.29 is 8.42 Å². The van der Waals surface area contributed by atoms with Crippen LogP contribution in [0.5, 0.6) is 0 Å². The third kappa shape index (κ3) is 5.07. The van der Waals surface area contributed by atoms with E-state index in [1.807, 2.05) is 38.1 Å². The number of hydrogen-bond donors (Lipinski definition) is 1. The highest BCUT2D eigenvalue weighted by molar-refractivity contribution is 7.88. The molecule has 0 saturated carbocycles. The van der Waals surface area contributed by atoms with Crippen LogP contribution in [0.15, 0.2) is 24.3 Å². The third-order valence-electron chi connectivity index (χ3n) is 4.79. The zero-order chi connectivity index (χ0) is 19.6. The van der Waals surface area contributed by atoms with E-state index in [1.165, 1.54) is 6.26 Å².